The molecule has 0 aliphatic carbocycles. The molecular formula is C17H31IN4O3. The molecule has 1 saturated heterocycles. The number of hydrogen-bond acceptors (Lipinski definition) is 5. The average Bonchev–Trinajstić information content (AvgIpc) is 3.25. The second-order valence-corrected chi connectivity index (χ2v) is 6.29. The van der Waals surface area contributed by atoms with Gasteiger partial charge in [0, 0.05) is 32.9 Å². The minimum atomic E-state index is 0. The van der Waals surface area contributed by atoms with Gasteiger partial charge in [0.15, 0.2) is 11.7 Å². The highest BCUT2D eigenvalue weighted by molar-refractivity contribution is 14.0. The Morgan fingerprint density at radius 3 is 2.92 bits per heavy atom. The van der Waals surface area contributed by atoms with Crippen LogP contribution in [0.15, 0.2) is 15.6 Å². The lowest BCUT2D eigenvalue weighted by atomic mass is 10.1. The van der Waals surface area contributed by atoms with Crippen molar-refractivity contribution >= 4 is 29.9 Å². The Balaban J connectivity index is 0.00000312. The van der Waals surface area contributed by atoms with E-state index in [1.807, 2.05) is 6.07 Å². The van der Waals surface area contributed by atoms with Crippen molar-refractivity contribution < 1.29 is 14.0 Å². The third-order valence-corrected chi connectivity index (χ3v) is 3.91. The van der Waals surface area contributed by atoms with Crippen molar-refractivity contribution in [1.82, 2.24) is 15.8 Å². The van der Waals surface area contributed by atoms with E-state index in [-0.39, 0.29) is 24.0 Å². The van der Waals surface area contributed by atoms with Gasteiger partial charge < -0.3 is 24.6 Å². The Kier molecular flexibility index (Phi) is 11.1. The molecule has 2 N–H and O–H groups in total. The topological polar surface area (TPSA) is 80.9 Å². The van der Waals surface area contributed by atoms with Crippen molar-refractivity contribution in [2.24, 2.45) is 4.99 Å². The average molecular weight is 466 g/mol. The van der Waals surface area contributed by atoms with Gasteiger partial charge in [-0.3, -0.25) is 4.99 Å². The number of aliphatic imine (C=N–C) groups is 1. The molecule has 1 aliphatic rings. The predicted octanol–water partition coefficient (Wildman–Crippen LogP) is 2.67. The van der Waals surface area contributed by atoms with E-state index in [0.29, 0.717) is 25.2 Å². The van der Waals surface area contributed by atoms with Crippen LogP contribution in [0.3, 0.4) is 0 Å². The van der Waals surface area contributed by atoms with Crippen LogP contribution >= 0.6 is 24.0 Å². The number of nitrogens with zero attached hydrogens (tertiary/aromatic N) is 2. The lowest BCUT2D eigenvalue weighted by Gasteiger charge is -2.12. The van der Waals surface area contributed by atoms with Crippen molar-refractivity contribution in [3.05, 3.63) is 17.5 Å². The summed E-state index contributed by atoms with van der Waals surface area (Å²) in [4.78, 5) is 4.20. The fraction of sp³-hybridized carbons (Fsp3) is 0.765. The molecule has 0 saturated carbocycles. The molecule has 1 unspecified atom stereocenters. The fourth-order valence-corrected chi connectivity index (χ4v) is 2.45. The van der Waals surface area contributed by atoms with E-state index < -0.39 is 0 Å². The number of rotatable bonds is 9. The highest BCUT2D eigenvalue weighted by atomic mass is 127. The summed E-state index contributed by atoms with van der Waals surface area (Å²) in [6, 6.07) is 1.98. The van der Waals surface area contributed by atoms with Gasteiger partial charge in [-0.2, -0.15) is 0 Å². The van der Waals surface area contributed by atoms with Gasteiger partial charge in [-0.1, -0.05) is 19.0 Å². The maximum Gasteiger partial charge on any atom is 0.191 e. The highest BCUT2D eigenvalue weighted by Gasteiger charge is 2.14. The molecule has 144 valence electrons. The first-order valence-corrected chi connectivity index (χ1v) is 8.78. The molecule has 2 rings (SSSR count). The Morgan fingerprint density at radius 1 is 1.44 bits per heavy atom. The van der Waals surface area contributed by atoms with Gasteiger partial charge in [-0.05, 0) is 25.2 Å². The van der Waals surface area contributed by atoms with Crippen LogP contribution in [-0.4, -0.2) is 50.6 Å². The van der Waals surface area contributed by atoms with Crippen LogP contribution in [0.25, 0.3) is 0 Å². The number of aromatic nitrogens is 1. The zero-order chi connectivity index (χ0) is 17.2. The molecule has 1 fully saturated rings. The molecule has 0 radical (unpaired) electrons. The molecule has 0 spiro atoms. The SMILES string of the molecule is CN=C(NCCCOCC1CCCO1)NCc1cc(C(C)C)no1.I. The highest BCUT2D eigenvalue weighted by Crippen LogP contribution is 2.13. The van der Waals surface area contributed by atoms with Crippen LogP contribution in [0, 0.1) is 0 Å². The number of hydrogen-bond donors (Lipinski definition) is 2. The summed E-state index contributed by atoms with van der Waals surface area (Å²) in [5, 5.41) is 10.5. The minimum Gasteiger partial charge on any atom is -0.379 e. The summed E-state index contributed by atoms with van der Waals surface area (Å²) in [5.41, 5.74) is 0.970. The third-order valence-electron chi connectivity index (χ3n) is 3.91. The van der Waals surface area contributed by atoms with Crippen molar-refractivity contribution in [3.8, 4) is 0 Å². The van der Waals surface area contributed by atoms with Gasteiger partial charge in [0.05, 0.1) is 24.9 Å². The lowest BCUT2D eigenvalue weighted by Crippen LogP contribution is -2.37. The van der Waals surface area contributed by atoms with Crippen molar-refractivity contribution in [3.63, 3.8) is 0 Å². The molecule has 0 aromatic carbocycles. The second kappa shape index (κ2) is 12.5. The Morgan fingerprint density at radius 2 is 2.28 bits per heavy atom. The maximum absolute atomic E-state index is 5.64. The molecule has 2 heterocycles. The van der Waals surface area contributed by atoms with E-state index in [1.165, 1.54) is 0 Å². The number of halogens is 1. The van der Waals surface area contributed by atoms with Gasteiger partial charge in [-0.25, -0.2) is 0 Å². The molecule has 1 atom stereocenters. The zero-order valence-electron chi connectivity index (χ0n) is 15.4. The normalized spacial score (nSPS) is 17.6. The summed E-state index contributed by atoms with van der Waals surface area (Å²) >= 11 is 0. The van der Waals surface area contributed by atoms with Gasteiger partial charge in [0.25, 0.3) is 0 Å². The zero-order valence-corrected chi connectivity index (χ0v) is 17.7. The molecule has 0 bridgehead atoms. The molecule has 1 aliphatic heterocycles. The van der Waals surface area contributed by atoms with Gasteiger partial charge in [0.2, 0.25) is 0 Å². The summed E-state index contributed by atoms with van der Waals surface area (Å²) < 4.78 is 16.5. The fourth-order valence-electron chi connectivity index (χ4n) is 2.45. The lowest BCUT2D eigenvalue weighted by molar-refractivity contribution is 0.0168. The molecule has 0 amide bonds. The monoisotopic (exact) mass is 466 g/mol. The van der Waals surface area contributed by atoms with E-state index in [9.17, 15) is 0 Å². The molecule has 8 heteroatoms. The van der Waals surface area contributed by atoms with Gasteiger partial charge >= 0.3 is 0 Å². The number of guanidine groups is 1. The summed E-state index contributed by atoms with van der Waals surface area (Å²) in [7, 11) is 1.75. The van der Waals surface area contributed by atoms with E-state index in [4.69, 9.17) is 14.0 Å². The van der Waals surface area contributed by atoms with Crippen LogP contribution in [-0.2, 0) is 16.0 Å². The molecular weight excluding hydrogens is 435 g/mol. The van der Waals surface area contributed by atoms with E-state index in [1.54, 1.807) is 7.05 Å². The largest absolute Gasteiger partial charge is 0.379 e. The summed E-state index contributed by atoms with van der Waals surface area (Å²) in [5.74, 6) is 1.92. The third kappa shape index (κ3) is 8.37. The smallest absolute Gasteiger partial charge is 0.191 e. The predicted molar refractivity (Wildman–Crippen MR) is 109 cm³/mol. The minimum absolute atomic E-state index is 0. The molecule has 1 aromatic heterocycles. The van der Waals surface area contributed by atoms with Crippen LogP contribution in [0.5, 0.6) is 0 Å². The van der Waals surface area contributed by atoms with Crippen molar-refractivity contribution in [2.75, 3.05) is 33.4 Å². The molecule has 25 heavy (non-hydrogen) atoms. The first-order valence-electron chi connectivity index (χ1n) is 8.78. The summed E-state index contributed by atoms with van der Waals surface area (Å²) in [6.07, 6.45) is 3.49. The Labute approximate surface area is 167 Å². The van der Waals surface area contributed by atoms with Gasteiger partial charge in [0.1, 0.15) is 0 Å². The van der Waals surface area contributed by atoms with Gasteiger partial charge in [-0.15, -0.1) is 24.0 Å². The molecule has 1 aromatic rings. The standard InChI is InChI=1S/C17H30N4O3.HI/c1-13(2)16-10-15(24-21-16)11-20-17(18-3)19-7-5-8-22-12-14-6-4-9-23-14;/h10,13-14H,4-9,11-12H2,1-3H3,(H2,18,19,20);1H. The Hall–Kier alpha value is -0.870. The van der Waals surface area contributed by atoms with Crippen LogP contribution < -0.4 is 10.6 Å². The summed E-state index contributed by atoms with van der Waals surface area (Å²) in [6.45, 7) is 7.86. The first-order chi connectivity index (χ1) is 11.7. The Bertz CT molecular complexity index is 502. The van der Waals surface area contributed by atoms with Crippen LogP contribution in [0.1, 0.15) is 50.5 Å². The van der Waals surface area contributed by atoms with E-state index in [2.05, 4.69) is 34.6 Å². The quantitative estimate of drug-likeness (QED) is 0.252. The van der Waals surface area contributed by atoms with E-state index in [0.717, 1.165) is 56.4 Å². The maximum atomic E-state index is 5.64. The van der Waals surface area contributed by atoms with E-state index >= 15 is 0 Å². The molecule has 7 nitrogen and oxygen atoms in total. The first kappa shape index (κ1) is 22.2. The van der Waals surface area contributed by atoms with Crippen LogP contribution in [0.2, 0.25) is 0 Å². The van der Waals surface area contributed by atoms with Crippen LogP contribution in [0.4, 0.5) is 0 Å². The number of ether oxygens (including phenoxy) is 2. The second-order valence-electron chi connectivity index (χ2n) is 6.29. The van der Waals surface area contributed by atoms with Crippen molar-refractivity contribution in [1.29, 1.82) is 0 Å². The number of nitrogens with one attached hydrogen (secondary N) is 2. The van der Waals surface area contributed by atoms with Crippen molar-refractivity contribution in [2.45, 2.75) is 51.7 Å².